The number of benzene rings is 1. The van der Waals surface area contributed by atoms with Crippen LogP contribution in [0.3, 0.4) is 0 Å². The highest BCUT2D eigenvalue weighted by Gasteiger charge is 2.37. The molecule has 2 fully saturated rings. The summed E-state index contributed by atoms with van der Waals surface area (Å²) in [6, 6.07) is 7.75. The monoisotopic (exact) mass is 296 g/mol. The normalized spacial score (nSPS) is 27.6. The van der Waals surface area contributed by atoms with Crippen LogP contribution in [0.4, 0.5) is 8.78 Å². The third kappa shape index (κ3) is 3.04. The molecule has 1 aromatic rings. The number of hydrogen-bond donors (Lipinski definition) is 1. The summed E-state index contributed by atoms with van der Waals surface area (Å²) < 4.78 is 29.8. The minimum absolute atomic E-state index is 0.0904. The largest absolute Gasteiger partial charge is 0.434 e. The predicted octanol–water partition coefficient (Wildman–Crippen LogP) is 3.03. The molecule has 0 spiro atoms. The number of ether oxygens (including phenoxy) is 1. The summed E-state index contributed by atoms with van der Waals surface area (Å²) in [5.41, 5.74) is 0.852. The van der Waals surface area contributed by atoms with E-state index < -0.39 is 6.61 Å². The van der Waals surface area contributed by atoms with E-state index in [0.29, 0.717) is 17.7 Å². The first-order chi connectivity index (χ1) is 10.2. The molecule has 0 amide bonds. The third-order valence-corrected chi connectivity index (χ3v) is 4.80. The van der Waals surface area contributed by atoms with Crippen LogP contribution in [0.5, 0.6) is 5.75 Å². The van der Waals surface area contributed by atoms with E-state index in [0.717, 1.165) is 25.2 Å². The molecular formula is C16H22F2N2O. The van der Waals surface area contributed by atoms with Gasteiger partial charge in [-0.3, -0.25) is 4.90 Å². The zero-order valence-electron chi connectivity index (χ0n) is 12.3. The Kier molecular flexibility index (Phi) is 4.40. The van der Waals surface area contributed by atoms with Gasteiger partial charge < -0.3 is 10.1 Å². The number of halogens is 2. The first kappa shape index (κ1) is 14.7. The Labute approximate surface area is 124 Å². The molecule has 5 heteroatoms. The van der Waals surface area contributed by atoms with Crippen molar-refractivity contribution in [3.63, 3.8) is 0 Å². The Morgan fingerprint density at radius 3 is 2.90 bits per heavy atom. The summed E-state index contributed by atoms with van der Waals surface area (Å²) in [6.07, 6.45) is 2.43. The molecular weight excluding hydrogens is 274 g/mol. The number of nitrogens with zero attached hydrogens (tertiary/aromatic N) is 1. The molecule has 2 aliphatic rings. The molecule has 0 aromatic heterocycles. The van der Waals surface area contributed by atoms with Crippen LogP contribution in [-0.2, 0) is 0 Å². The summed E-state index contributed by atoms with van der Waals surface area (Å²) in [5.74, 6) is 0.984. The second-order valence-corrected chi connectivity index (χ2v) is 5.96. The lowest BCUT2D eigenvalue weighted by atomic mass is 9.89. The van der Waals surface area contributed by atoms with Crippen molar-refractivity contribution >= 4 is 0 Å². The van der Waals surface area contributed by atoms with Gasteiger partial charge in [-0.25, -0.2) is 0 Å². The molecule has 3 nitrogen and oxygen atoms in total. The topological polar surface area (TPSA) is 24.5 Å². The molecule has 1 aromatic carbocycles. The number of rotatable bonds is 4. The zero-order valence-corrected chi connectivity index (χ0v) is 12.3. The number of piperidine rings is 1. The van der Waals surface area contributed by atoms with Gasteiger partial charge >= 0.3 is 6.61 Å². The minimum atomic E-state index is -2.78. The van der Waals surface area contributed by atoms with Crippen LogP contribution < -0.4 is 10.1 Å². The van der Waals surface area contributed by atoms with Gasteiger partial charge in [0.15, 0.2) is 0 Å². The maximum absolute atomic E-state index is 12.6. The number of fused-ring (bicyclic) bond motifs is 1. The fraction of sp³-hybridized carbons (Fsp3) is 0.625. The van der Waals surface area contributed by atoms with Crippen LogP contribution in [0.15, 0.2) is 24.3 Å². The van der Waals surface area contributed by atoms with E-state index in [4.69, 9.17) is 4.74 Å². The maximum Gasteiger partial charge on any atom is 0.387 e. The van der Waals surface area contributed by atoms with E-state index in [2.05, 4.69) is 17.1 Å². The van der Waals surface area contributed by atoms with Crippen molar-refractivity contribution in [1.29, 1.82) is 0 Å². The maximum atomic E-state index is 12.6. The molecule has 2 heterocycles. The fourth-order valence-corrected chi connectivity index (χ4v) is 3.79. The van der Waals surface area contributed by atoms with E-state index in [1.165, 1.54) is 12.8 Å². The average molecular weight is 296 g/mol. The Hall–Kier alpha value is -1.20. The van der Waals surface area contributed by atoms with Crippen LogP contribution in [0, 0.1) is 5.92 Å². The van der Waals surface area contributed by atoms with Crippen molar-refractivity contribution in [3.05, 3.63) is 29.8 Å². The third-order valence-electron chi connectivity index (χ3n) is 4.80. The van der Waals surface area contributed by atoms with Gasteiger partial charge in [-0.1, -0.05) is 18.2 Å². The molecule has 0 aliphatic carbocycles. The van der Waals surface area contributed by atoms with Crippen LogP contribution in [0.1, 0.15) is 31.4 Å². The minimum Gasteiger partial charge on any atom is -0.434 e. The van der Waals surface area contributed by atoms with Gasteiger partial charge in [0, 0.05) is 24.2 Å². The lowest BCUT2D eigenvalue weighted by molar-refractivity contribution is -0.0515. The standard InChI is InChI=1S/C16H22F2N2O/c1-11(13-6-2-3-7-15(13)21-16(17)18)20-8-4-5-12-9-19-10-14(12)20/h2-3,6-7,11-12,14,16,19H,4-5,8-10H2,1H3. The van der Waals surface area contributed by atoms with Crippen LogP contribution in [0.2, 0.25) is 0 Å². The molecule has 3 rings (SSSR count). The molecule has 2 saturated heterocycles. The molecule has 3 atom stereocenters. The molecule has 0 saturated carbocycles. The van der Waals surface area contributed by atoms with Crippen molar-refractivity contribution in [1.82, 2.24) is 10.2 Å². The second-order valence-electron chi connectivity index (χ2n) is 5.96. The van der Waals surface area contributed by atoms with E-state index in [-0.39, 0.29) is 6.04 Å². The van der Waals surface area contributed by atoms with Gasteiger partial charge in [0.2, 0.25) is 0 Å². The van der Waals surface area contributed by atoms with Crippen molar-refractivity contribution < 1.29 is 13.5 Å². The molecule has 0 bridgehead atoms. The predicted molar refractivity (Wildman–Crippen MR) is 77.6 cm³/mol. The number of hydrogen-bond acceptors (Lipinski definition) is 3. The lowest BCUT2D eigenvalue weighted by Crippen LogP contribution is -2.46. The zero-order chi connectivity index (χ0) is 14.8. The van der Waals surface area contributed by atoms with Crippen molar-refractivity contribution in [2.75, 3.05) is 19.6 Å². The van der Waals surface area contributed by atoms with E-state index >= 15 is 0 Å². The molecule has 116 valence electrons. The Balaban J connectivity index is 1.82. The Morgan fingerprint density at radius 2 is 2.10 bits per heavy atom. The first-order valence-electron chi connectivity index (χ1n) is 7.67. The smallest absolute Gasteiger partial charge is 0.387 e. The summed E-state index contributed by atoms with van der Waals surface area (Å²) >= 11 is 0. The van der Waals surface area contributed by atoms with Crippen LogP contribution >= 0.6 is 0 Å². The molecule has 2 aliphatic heterocycles. The SMILES string of the molecule is CC(c1ccccc1OC(F)F)N1CCCC2CNCC21. The van der Waals surface area contributed by atoms with Gasteiger partial charge in [0.1, 0.15) is 5.75 Å². The first-order valence-corrected chi connectivity index (χ1v) is 7.67. The van der Waals surface area contributed by atoms with Crippen LogP contribution in [-0.4, -0.2) is 37.2 Å². The highest BCUT2D eigenvalue weighted by molar-refractivity contribution is 5.36. The van der Waals surface area contributed by atoms with Gasteiger partial charge in [-0.2, -0.15) is 8.78 Å². The van der Waals surface area contributed by atoms with Crippen LogP contribution in [0.25, 0.3) is 0 Å². The summed E-state index contributed by atoms with van der Waals surface area (Å²) in [4.78, 5) is 2.45. The number of alkyl halides is 2. The highest BCUT2D eigenvalue weighted by Crippen LogP contribution is 2.36. The van der Waals surface area contributed by atoms with E-state index in [9.17, 15) is 8.78 Å². The summed E-state index contributed by atoms with van der Waals surface area (Å²) in [5, 5.41) is 3.45. The molecule has 3 unspecified atom stereocenters. The van der Waals surface area contributed by atoms with E-state index in [1.807, 2.05) is 12.1 Å². The van der Waals surface area contributed by atoms with Gasteiger partial charge in [0.05, 0.1) is 0 Å². The Bertz CT molecular complexity index is 483. The summed E-state index contributed by atoms with van der Waals surface area (Å²) in [7, 11) is 0. The fourth-order valence-electron chi connectivity index (χ4n) is 3.79. The molecule has 0 radical (unpaired) electrons. The number of nitrogens with one attached hydrogen (secondary N) is 1. The second kappa shape index (κ2) is 6.28. The summed E-state index contributed by atoms with van der Waals surface area (Å²) in [6.45, 7) is 2.40. The van der Waals surface area contributed by atoms with Crippen molar-refractivity contribution in [3.8, 4) is 5.75 Å². The van der Waals surface area contributed by atoms with Crippen molar-refractivity contribution in [2.24, 2.45) is 5.92 Å². The quantitative estimate of drug-likeness (QED) is 0.924. The molecule has 1 N–H and O–H groups in total. The average Bonchev–Trinajstić information content (AvgIpc) is 2.95. The number of likely N-dealkylation sites (tertiary alicyclic amines) is 1. The number of para-hydroxylation sites is 1. The van der Waals surface area contributed by atoms with Gasteiger partial charge in [-0.15, -0.1) is 0 Å². The lowest BCUT2D eigenvalue weighted by Gasteiger charge is -2.41. The van der Waals surface area contributed by atoms with Crippen molar-refractivity contribution in [2.45, 2.75) is 38.5 Å². The van der Waals surface area contributed by atoms with Gasteiger partial charge in [-0.05, 0) is 44.8 Å². The van der Waals surface area contributed by atoms with Gasteiger partial charge in [0.25, 0.3) is 0 Å². The van der Waals surface area contributed by atoms with E-state index in [1.54, 1.807) is 12.1 Å². The Morgan fingerprint density at radius 1 is 1.29 bits per heavy atom. The highest BCUT2D eigenvalue weighted by atomic mass is 19.3. The molecule has 21 heavy (non-hydrogen) atoms.